The number of halogens is 1. The van der Waals surface area contributed by atoms with Gasteiger partial charge in [-0.05, 0) is 6.92 Å². The molecule has 3 heteroatoms. The van der Waals surface area contributed by atoms with E-state index >= 15 is 0 Å². The van der Waals surface area contributed by atoms with Crippen LogP contribution in [0, 0.1) is 5.82 Å². The molecular weight excluding hydrogens is 121 g/mol. The summed E-state index contributed by atoms with van der Waals surface area (Å²) in [5.41, 5.74) is 5.78. The molecule has 0 saturated heterocycles. The minimum absolute atomic E-state index is 0.288. The van der Waals surface area contributed by atoms with E-state index in [9.17, 15) is 4.39 Å². The Morgan fingerprint density at radius 2 is 2.33 bits per heavy atom. The quantitative estimate of drug-likeness (QED) is 0.623. The molecule has 9 heavy (non-hydrogen) atoms. The summed E-state index contributed by atoms with van der Waals surface area (Å²) in [4.78, 5) is 0. The van der Waals surface area contributed by atoms with Crippen molar-refractivity contribution in [3.05, 3.63) is 23.9 Å². The lowest BCUT2D eigenvalue weighted by molar-refractivity contribution is 0.532. The van der Waals surface area contributed by atoms with Gasteiger partial charge in [0.1, 0.15) is 6.26 Å². The highest BCUT2D eigenvalue weighted by molar-refractivity contribution is 5.12. The molecular formula is C6H8FNO. The molecule has 0 bridgehead atoms. The fraction of sp³-hybridized carbons (Fsp3) is 0.333. The molecule has 0 aliphatic heterocycles. The van der Waals surface area contributed by atoms with Gasteiger partial charge < -0.3 is 10.2 Å². The first-order valence-corrected chi connectivity index (χ1v) is 2.69. The molecule has 0 aliphatic carbocycles. The summed E-state index contributed by atoms with van der Waals surface area (Å²) >= 11 is 0. The molecule has 1 aromatic rings. The van der Waals surface area contributed by atoms with Crippen molar-refractivity contribution in [3.63, 3.8) is 0 Å². The maximum Gasteiger partial charge on any atom is 0.166 e. The van der Waals surface area contributed by atoms with Crippen LogP contribution in [0.25, 0.3) is 0 Å². The highest BCUT2D eigenvalue weighted by atomic mass is 19.1. The number of hydrogen-bond donors (Lipinski definition) is 1. The Balaban J connectivity index is 2.94. The third-order valence-electron chi connectivity index (χ3n) is 1.13. The van der Waals surface area contributed by atoms with Crippen LogP contribution in [0.5, 0.6) is 0 Å². The number of rotatable bonds is 1. The van der Waals surface area contributed by atoms with Gasteiger partial charge in [-0.15, -0.1) is 0 Å². The van der Waals surface area contributed by atoms with Crippen LogP contribution in [-0.4, -0.2) is 0 Å². The van der Waals surface area contributed by atoms with Gasteiger partial charge in [-0.1, -0.05) is 0 Å². The third-order valence-corrected chi connectivity index (χ3v) is 1.13. The molecule has 2 N–H and O–H groups in total. The maximum atomic E-state index is 12.4. The average molecular weight is 129 g/mol. The lowest BCUT2D eigenvalue weighted by atomic mass is 10.2. The first-order chi connectivity index (χ1) is 4.22. The van der Waals surface area contributed by atoms with E-state index < -0.39 is 0 Å². The minimum Gasteiger partial charge on any atom is -0.469 e. The Bertz CT molecular complexity index is 195. The van der Waals surface area contributed by atoms with Crippen LogP contribution in [0.4, 0.5) is 4.39 Å². The van der Waals surface area contributed by atoms with E-state index in [2.05, 4.69) is 4.42 Å². The molecule has 0 fully saturated rings. The molecule has 0 spiro atoms. The van der Waals surface area contributed by atoms with E-state index in [0.29, 0.717) is 5.56 Å². The third kappa shape index (κ3) is 1.10. The Kier molecular flexibility index (Phi) is 1.53. The van der Waals surface area contributed by atoms with Gasteiger partial charge >= 0.3 is 0 Å². The highest BCUT2D eigenvalue weighted by Crippen LogP contribution is 2.14. The number of hydrogen-bond acceptors (Lipinski definition) is 2. The van der Waals surface area contributed by atoms with Crippen LogP contribution in [0.2, 0.25) is 0 Å². The van der Waals surface area contributed by atoms with E-state index in [-0.39, 0.29) is 11.9 Å². The average Bonchev–Trinajstić information content (AvgIpc) is 2.13. The normalized spacial score (nSPS) is 13.7. The van der Waals surface area contributed by atoms with Gasteiger partial charge in [-0.25, -0.2) is 4.39 Å². The first kappa shape index (κ1) is 6.29. The smallest absolute Gasteiger partial charge is 0.166 e. The zero-order valence-corrected chi connectivity index (χ0v) is 5.10. The first-order valence-electron chi connectivity index (χ1n) is 2.69. The largest absolute Gasteiger partial charge is 0.469 e. The molecule has 50 valence electrons. The zero-order valence-electron chi connectivity index (χ0n) is 5.10. The standard InChI is InChI=1S/C6H8FNO/c1-4(8)5-2-9-3-6(5)7/h2-4H,8H2,1H3/t4-/m1/s1. The molecule has 0 aliphatic rings. The van der Waals surface area contributed by atoms with Crippen molar-refractivity contribution < 1.29 is 8.81 Å². The van der Waals surface area contributed by atoms with Crippen molar-refractivity contribution in [1.29, 1.82) is 0 Å². The molecule has 0 amide bonds. The molecule has 1 heterocycles. The molecule has 0 radical (unpaired) electrons. The Morgan fingerprint density at radius 3 is 2.56 bits per heavy atom. The number of furan rings is 1. The van der Waals surface area contributed by atoms with Crippen molar-refractivity contribution in [2.24, 2.45) is 5.73 Å². The number of nitrogens with two attached hydrogens (primary N) is 1. The van der Waals surface area contributed by atoms with Crippen LogP contribution >= 0.6 is 0 Å². The van der Waals surface area contributed by atoms with E-state index in [0.717, 1.165) is 6.26 Å². The van der Waals surface area contributed by atoms with Gasteiger partial charge in [0.2, 0.25) is 0 Å². The molecule has 0 aromatic carbocycles. The second-order valence-electron chi connectivity index (χ2n) is 1.96. The molecule has 0 saturated carbocycles. The molecule has 0 unspecified atom stereocenters. The van der Waals surface area contributed by atoms with Crippen molar-refractivity contribution in [3.8, 4) is 0 Å². The van der Waals surface area contributed by atoms with Gasteiger partial charge in [0.05, 0.1) is 6.26 Å². The second kappa shape index (κ2) is 2.19. The topological polar surface area (TPSA) is 39.2 Å². The Morgan fingerprint density at radius 1 is 1.67 bits per heavy atom. The van der Waals surface area contributed by atoms with Crippen molar-refractivity contribution in [2.45, 2.75) is 13.0 Å². The molecule has 2 nitrogen and oxygen atoms in total. The maximum absolute atomic E-state index is 12.4. The fourth-order valence-corrected chi connectivity index (χ4v) is 0.616. The molecule has 1 aromatic heterocycles. The van der Waals surface area contributed by atoms with Crippen LogP contribution in [-0.2, 0) is 0 Å². The predicted octanol–water partition coefficient (Wildman–Crippen LogP) is 1.44. The van der Waals surface area contributed by atoms with Crippen LogP contribution in [0.3, 0.4) is 0 Å². The Hall–Kier alpha value is -0.830. The summed E-state index contributed by atoms with van der Waals surface area (Å²) in [6, 6.07) is -0.288. The highest BCUT2D eigenvalue weighted by Gasteiger charge is 2.07. The van der Waals surface area contributed by atoms with E-state index in [4.69, 9.17) is 5.73 Å². The van der Waals surface area contributed by atoms with E-state index in [1.807, 2.05) is 0 Å². The van der Waals surface area contributed by atoms with E-state index in [1.54, 1.807) is 6.92 Å². The van der Waals surface area contributed by atoms with Crippen LogP contribution < -0.4 is 5.73 Å². The lowest BCUT2D eigenvalue weighted by Crippen LogP contribution is -2.04. The molecule has 1 rings (SSSR count). The minimum atomic E-state index is -0.370. The summed E-state index contributed by atoms with van der Waals surface area (Å²) in [6.07, 6.45) is 2.36. The monoisotopic (exact) mass is 129 g/mol. The van der Waals surface area contributed by atoms with Crippen molar-refractivity contribution >= 4 is 0 Å². The van der Waals surface area contributed by atoms with Crippen LogP contribution in [0.1, 0.15) is 18.5 Å². The summed E-state index contributed by atoms with van der Waals surface area (Å²) < 4.78 is 17.0. The lowest BCUT2D eigenvalue weighted by Gasteiger charge is -1.97. The van der Waals surface area contributed by atoms with Crippen molar-refractivity contribution in [1.82, 2.24) is 0 Å². The summed E-state index contributed by atoms with van der Waals surface area (Å²) in [5, 5.41) is 0. The SMILES string of the molecule is C[C@@H](N)c1cocc1F. The second-order valence-corrected chi connectivity index (χ2v) is 1.96. The summed E-state index contributed by atoms with van der Waals surface area (Å²) in [6.45, 7) is 1.70. The van der Waals surface area contributed by atoms with Gasteiger partial charge in [-0.2, -0.15) is 0 Å². The molecule has 1 atom stereocenters. The zero-order chi connectivity index (χ0) is 6.85. The fourth-order valence-electron chi connectivity index (χ4n) is 0.616. The summed E-state index contributed by atoms with van der Waals surface area (Å²) in [5.74, 6) is -0.370. The Labute approximate surface area is 52.5 Å². The van der Waals surface area contributed by atoms with Gasteiger partial charge in [0.25, 0.3) is 0 Å². The van der Waals surface area contributed by atoms with Gasteiger partial charge in [0.15, 0.2) is 5.82 Å². The van der Waals surface area contributed by atoms with E-state index in [1.165, 1.54) is 6.26 Å². The summed E-state index contributed by atoms with van der Waals surface area (Å²) in [7, 11) is 0. The van der Waals surface area contributed by atoms with Crippen molar-refractivity contribution in [2.75, 3.05) is 0 Å². The van der Waals surface area contributed by atoms with Crippen LogP contribution in [0.15, 0.2) is 16.9 Å². The van der Waals surface area contributed by atoms with Gasteiger partial charge in [-0.3, -0.25) is 0 Å². The van der Waals surface area contributed by atoms with Gasteiger partial charge in [0, 0.05) is 11.6 Å². The predicted molar refractivity (Wildman–Crippen MR) is 31.3 cm³/mol.